The molecule has 0 unspecified atom stereocenters. The van der Waals surface area contributed by atoms with Crippen LogP contribution in [-0.4, -0.2) is 72.3 Å². The van der Waals surface area contributed by atoms with Gasteiger partial charge in [-0.1, -0.05) is 24.4 Å². The molecule has 7 N–H and O–H groups in total. The number of benzene rings is 1. The monoisotopic (exact) mass is 575 g/mol. The van der Waals surface area contributed by atoms with Crippen LogP contribution < -0.4 is 26.8 Å². The van der Waals surface area contributed by atoms with Crippen molar-refractivity contribution < 1.29 is 18.0 Å². The molecule has 208 valence electrons. The molecule has 1 saturated carbocycles. The number of sulfonamides is 1. The molecule has 1 aromatic heterocycles. The van der Waals surface area contributed by atoms with Crippen molar-refractivity contribution in [3.05, 3.63) is 40.7 Å². The topological polar surface area (TPSA) is 198 Å². The molecule has 39 heavy (non-hydrogen) atoms. The first-order chi connectivity index (χ1) is 18.6. The highest BCUT2D eigenvalue weighted by atomic mass is 35.5. The number of rotatable bonds is 5. The number of halogens is 1. The molecule has 3 aliphatic rings. The molecule has 2 amide bonds. The fourth-order valence-electron chi connectivity index (χ4n) is 5.12. The number of nitrogens with zero attached hydrogens (tertiary/aromatic N) is 4. The van der Waals surface area contributed by atoms with Crippen LogP contribution in [0.4, 0.5) is 11.6 Å². The molecule has 1 spiro atoms. The highest BCUT2D eigenvalue weighted by Crippen LogP contribution is 2.27. The zero-order valence-corrected chi connectivity index (χ0v) is 22.7. The second-order valence-electron chi connectivity index (χ2n) is 10.1. The molecule has 3 heterocycles. The van der Waals surface area contributed by atoms with Crippen molar-refractivity contribution in [1.82, 2.24) is 30.2 Å². The van der Waals surface area contributed by atoms with Gasteiger partial charge in [-0.05, 0) is 49.9 Å². The molecule has 15 heteroatoms. The van der Waals surface area contributed by atoms with Crippen molar-refractivity contribution in [3.63, 3.8) is 0 Å². The molecule has 5 rings (SSSR count). The summed E-state index contributed by atoms with van der Waals surface area (Å²) >= 11 is 5.86. The van der Waals surface area contributed by atoms with Crippen LogP contribution in [0, 0.1) is 0 Å². The Morgan fingerprint density at radius 3 is 2.38 bits per heavy atom. The summed E-state index contributed by atoms with van der Waals surface area (Å²) in [7, 11) is -3.62. The van der Waals surface area contributed by atoms with Gasteiger partial charge in [-0.25, -0.2) is 23.1 Å². The average Bonchev–Trinajstić information content (AvgIpc) is 3.56. The predicted molar refractivity (Wildman–Crippen MR) is 146 cm³/mol. The van der Waals surface area contributed by atoms with Gasteiger partial charge >= 0.3 is 0 Å². The van der Waals surface area contributed by atoms with E-state index in [4.69, 9.17) is 23.1 Å². The fraction of sp³-hybridized carbons (Fsp3) is 0.458. The Labute approximate surface area is 230 Å². The van der Waals surface area contributed by atoms with Gasteiger partial charge in [0.05, 0.1) is 17.0 Å². The number of carbonyl (C=O) groups is 2. The largest absolute Gasteiger partial charge is 0.382 e. The molecule has 0 radical (unpaired) electrons. The van der Waals surface area contributed by atoms with E-state index >= 15 is 0 Å². The lowest BCUT2D eigenvalue weighted by atomic mass is 9.88. The van der Waals surface area contributed by atoms with Gasteiger partial charge in [0.15, 0.2) is 28.4 Å². The maximum absolute atomic E-state index is 13.1. The van der Waals surface area contributed by atoms with Gasteiger partial charge in [0.1, 0.15) is 0 Å². The summed E-state index contributed by atoms with van der Waals surface area (Å²) in [6.07, 6.45) is 4.96. The number of likely N-dealkylation sites (tertiary alicyclic amines) is 1. The molecule has 2 aliphatic heterocycles. The molecule has 0 atom stereocenters. The van der Waals surface area contributed by atoms with Crippen molar-refractivity contribution in [3.8, 4) is 0 Å². The molecule has 13 nitrogen and oxygen atoms in total. The van der Waals surface area contributed by atoms with Crippen LogP contribution in [0.2, 0.25) is 5.15 Å². The third-order valence-corrected chi connectivity index (χ3v) is 9.19. The molecule has 2 aromatic rings. The average molecular weight is 576 g/mol. The Kier molecular flexibility index (Phi) is 7.35. The number of carbonyl (C=O) groups excluding carboxylic acids is 2. The predicted octanol–water partition coefficient (Wildman–Crippen LogP) is 0.879. The number of nitrogen functional groups attached to an aromatic ring is 2. The molecular weight excluding hydrogens is 546 g/mol. The molecule has 1 aliphatic carbocycles. The zero-order valence-electron chi connectivity index (χ0n) is 21.1. The van der Waals surface area contributed by atoms with Crippen LogP contribution in [0.25, 0.3) is 0 Å². The van der Waals surface area contributed by atoms with Crippen LogP contribution in [0.15, 0.2) is 34.2 Å². The van der Waals surface area contributed by atoms with Gasteiger partial charge in [-0.2, -0.15) is 0 Å². The first kappa shape index (κ1) is 27.1. The number of piperidine rings is 1. The summed E-state index contributed by atoms with van der Waals surface area (Å²) in [6, 6.07) is 6.03. The summed E-state index contributed by atoms with van der Waals surface area (Å²) in [5.41, 5.74) is 11.2. The summed E-state index contributed by atoms with van der Waals surface area (Å²) < 4.78 is 28.1. The highest BCUT2D eigenvalue weighted by Gasteiger charge is 2.40. The third-order valence-electron chi connectivity index (χ3n) is 7.37. The van der Waals surface area contributed by atoms with E-state index in [2.05, 4.69) is 30.3 Å². The zero-order chi connectivity index (χ0) is 27.8. The van der Waals surface area contributed by atoms with Gasteiger partial charge < -0.3 is 21.7 Å². The summed E-state index contributed by atoms with van der Waals surface area (Å²) in [5.74, 6) is -0.734. The minimum atomic E-state index is -3.62. The van der Waals surface area contributed by atoms with E-state index < -0.39 is 21.5 Å². The Morgan fingerprint density at radius 1 is 1.05 bits per heavy atom. The summed E-state index contributed by atoms with van der Waals surface area (Å²) in [5, 5.41) is 5.78. The van der Waals surface area contributed by atoms with Crippen molar-refractivity contribution in [2.45, 2.75) is 55.0 Å². The normalized spacial score (nSPS) is 19.1. The Balaban J connectivity index is 1.15. The van der Waals surface area contributed by atoms with Gasteiger partial charge in [-0.15, -0.1) is 0 Å². The lowest BCUT2D eigenvalue weighted by Gasteiger charge is -2.39. The molecule has 1 saturated heterocycles. The second kappa shape index (κ2) is 10.6. The van der Waals surface area contributed by atoms with Crippen LogP contribution >= 0.6 is 11.6 Å². The molecule has 1 aromatic carbocycles. The van der Waals surface area contributed by atoms with E-state index in [0.717, 1.165) is 25.7 Å². The molecule has 0 bridgehead atoms. The van der Waals surface area contributed by atoms with Crippen molar-refractivity contribution in [2.75, 3.05) is 31.1 Å². The van der Waals surface area contributed by atoms with Crippen LogP contribution in [0.5, 0.6) is 0 Å². The number of anilines is 2. The number of guanidine groups is 1. The van der Waals surface area contributed by atoms with Crippen molar-refractivity contribution in [2.24, 2.45) is 4.99 Å². The summed E-state index contributed by atoms with van der Waals surface area (Å²) in [4.78, 5) is 39.7. The Morgan fingerprint density at radius 2 is 1.72 bits per heavy atom. The number of aromatic nitrogens is 2. The van der Waals surface area contributed by atoms with E-state index in [1.54, 1.807) is 17.0 Å². The quantitative estimate of drug-likeness (QED) is 0.343. The van der Waals surface area contributed by atoms with E-state index in [1.807, 2.05) is 0 Å². The van der Waals surface area contributed by atoms with Gasteiger partial charge in [0, 0.05) is 24.7 Å². The minimum Gasteiger partial charge on any atom is -0.382 e. The Bertz CT molecular complexity index is 1420. The number of amides is 2. The van der Waals surface area contributed by atoms with Gasteiger partial charge in [-0.3, -0.25) is 19.9 Å². The molecular formula is C24H30ClN9O4S. The van der Waals surface area contributed by atoms with E-state index in [0.29, 0.717) is 38.0 Å². The van der Waals surface area contributed by atoms with Crippen molar-refractivity contribution >= 4 is 51.0 Å². The third kappa shape index (κ3) is 5.77. The SMILES string of the molecule is Nc1nc(N)c(C(=O)NC2=NCC3(CCN(C(=O)c4ccc(S(=O)(=O)NC5CCCC5)cc4)CC3)N2)nc1Cl. The maximum atomic E-state index is 13.1. The number of aliphatic imine (C=N–C) groups is 1. The first-order valence-corrected chi connectivity index (χ1v) is 14.6. The highest BCUT2D eigenvalue weighted by molar-refractivity contribution is 7.89. The smallest absolute Gasteiger partial charge is 0.280 e. The van der Waals surface area contributed by atoms with E-state index in [9.17, 15) is 18.0 Å². The lowest BCUT2D eigenvalue weighted by molar-refractivity contribution is 0.0668. The van der Waals surface area contributed by atoms with Crippen LogP contribution in [-0.2, 0) is 10.0 Å². The van der Waals surface area contributed by atoms with Crippen LogP contribution in [0.3, 0.4) is 0 Å². The van der Waals surface area contributed by atoms with E-state index in [1.165, 1.54) is 12.1 Å². The number of hydrogen-bond donors (Lipinski definition) is 5. The number of nitrogens with one attached hydrogen (secondary N) is 3. The second-order valence-corrected chi connectivity index (χ2v) is 12.1. The first-order valence-electron chi connectivity index (χ1n) is 12.7. The lowest BCUT2D eigenvalue weighted by Crippen LogP contribution is -2.57. The van der Waals surface area contributed by atoms with E-state index in [-0.39, 0.29) is 45.3 Å². The van der Waals surface area contributed by atoms with Gasteiger partial charge in [0.2, 0.25) is 10.0 Å². The van der Waals surface area contributed by atoms with Crippen LogP contribution in [0.1, 0.15) is 59.4 Å². The van der Waals surface area contributed by atoms with Crippen molar-refractivity contribution in [1.29, 1.82) is 0 Å². The fourth-order valence-corrected chi connectivity index (χ4v) is 6.55. The Hall–Kier alpha value is -3.49. The minimum absolute atomic E-state index is 0.0259. The number of nitrogens with two attached hydrogens (primary N) is 2. The maximum Gasteiger partial charge on any atom is 0.280 e. The standard InChI is InChI=1S/C24H30ClN9O4S/c25-18-20(27)30-19(26)17(29-18)21(35)31-23-28-13-24(32-23)9-11-34(12-10-24)22(36)14-5-7-16(8-6-14)39(37,38)33-15-3-1-2-4-15/h5-8,15,33H,1-4,9-13H2,(H4,26,27,30)(H2,28,31,32,35). The summed E-state index contributed by atoms with van der Waals surface area (Å²) in [6.45, 7) is 1.37. The number of hydrogen-bond acceptors (Lipinski definition) is 10. The van der Waals surface area contributed by atoms with Gasteiger partial charge in [0.25, 0.3) is 11.8 Å². The molecule has 2 fully saturated rings.